The fraction of sp³-hybridized carbons (Fsp3) is 0.562. The first kappa shape index (κ1) is 15.6. The van der Waals surface area contributed by atoms with E-state index in [-0.39, 0.29) is 5.91 Å². The SMILES string of the molecule is COc1ccc(CC(=O)N(C)CC2CCCN2)cc1OC. The summed E-state index contributed by atoms with van der Waals surface area (Å²) in [7, 11) is 5.06. The second-order valence-corrected chi connectivity index (χ2v) is 5.43. The molecule has 0 saturated carbocycles. The molecular weight excluding hydrogens is 268 g/mol. The summed E-state index contributed by atoms with van der Waals surface area (Å²) in [4.78, 5) is 14.1. The molecule has 1 fully saturated rings. The molecule has 116 valence electrons. The van der Waals surface area contributed by atoms with Gasteiger partial charge in [-0.2, -0.15) is 0 Å². The number of nitrogens with one attached hydrogen (secondary N) is 1. The van der Waals surface area contributed by atoms with E-state index >= 15 is 0 Å². The van der Waals surface area contributed by atoms with Gasteiger partial charge in [0.05, 0.1) is 20.6 Å². The van der Waals surface area contributed by atoms with Crippen LogP contribution in [0.2, 0.25) is 0 Å². The van der Waals surface area contributed by atoms with Gasteiger partial charge < -0.3 is 19.7 Å². The molecule has 5 nitrogen and oxygen atoms in total. The topological polar surface area (TPSA) is 50.8 Å². The quantitative estimate of drug-likeness (QED) is 0.862. The molecule has 1 saturated heterocycles. The monoisotopic (exact) mass is 292 g/mol. The third-order valence-corrected chi connectivity index (χ3v) is 3.89. The molecule has 1 aliphatic rings. The Labute approximate surface area is 126 Å². The molecule has 1 N–H and O–H groups in total. The lowest BCUT2D eigenvalue weighted by Gasteiger charge is -2.21. The molecule has 1 heterocycles. The van der Waals surface area contributed by atoms with Crippen LogP contribution in [0.15, 0.2) is 18.2 Å². The number of methoxy groups -OCH3 is 2. The Morgan fingerprint density at radius 2 is 2.10 bits per heavy atom. The molecule has 1 aromatic rings. The maximum atomic E-state index is 12.3. The van der Waals surface area contributed by atoms with E-state index in [0.29, 0.717) is 24.0 Å². The van der Waals surface area contributed by atoms with Crippen molar-refractivity contribution in [3.8, 4) is 11.5 Å². The summed E-state index contributed by atoms with van der Waals surface area (Å²) in [5, 5.41) is 3.41. The van der Waals surface area contributed by atoms with Crippen LogP contribution in [-0.2, 0) is 11.2 Å². The van der Waals surface area contributed by atoms with Crippen molar-refractivity contribution in [2.45, 2.75) is 25.3 Å². The first-order chi connectivity index (χ1) is 10.1. The molecule has 1 unspecified atom stereocenters. The van der Waals surface area contributed by atoms with Crippen LogP contribution in [0.4, 0.5) is 0 Å². The molecule has 1 amide bonds. The van der Waals surface area contributed by atoms with E-state index in [2.05, 4.69) is 5.32 Å². The van der Waals surface area contributed by atoms with E-state index in [1.54, 1.807) is 19.1 Å². The van der Waals surface area contributed by atoms with Crippen molar-refractivity contribution >= 4 is 5.91 Å². The van der Waals surface area contributed by atoms with Crippen molar-refractivity contribution < 1.29 is 14.3 Å². The maximum absolute atomic E-state index is 12.3. The molecule has 1 aromatic carbocycles. The van der Waals surface area contributed by atoms with Crippen LogP contribution in [0, 0.1) is 0 Å². The highest BCUT2D eigenvalue weighted by Crippen LogP contribution is 2.27. The molecule has 1 atom stereocenters. The Balaban J connectivity index is 1.94. The minimum atomic E-state index is 0.121. The highest BCUT2D eigenvalue weighted by atomic mass is 16.5. The largest absolute Gasteiger partial charge is 0.493 e. The molecule has 1 aliphatic heterocycles. The van der Waals surface area contributed by atoms with Crippen molar-refractivity contribution in [1.82, 2.24) is 10.2 Å². The van der Waals surface area contributed by atoms with Crippen LogP contribution in [0.3, 0.4) is 0 Å². The Morgan fingerprint density at radius 1 is 1.33 bits per heavy atom. The lowest BCUT2D eigenvalue weighted by molar-refractivity contribution is -0.129. The molecule has 0 aliphatic carbocycles. The van der Waals surface area contributed by atoms with Crippen molar-refractivity contribution in [3.05, 3.63) is 23.8 Å². The second kappa shape index (κ2) is 7.31. The normalized spacial score (nSPS) is 17.6. The smallest absolute Gasteiger partial charge is 0.226 e. The zero-order chi connectivity index (χ0) is 15.2. The Bertz CT molecular complexity index is 484. The Morgan fingerprint density at radius 3 is 2.71 bits per heavy atom. The summed E-state index contributed by atoms with van der Waals surface area (Å²) >= 11 is 0. The summed E-state index contributed by atoms with van der Waals surface area (Å²) < 4.78 is 10.5. The summed E-state index contributed by atoms with van der Waals surface area (Å²) in [5.74, 6) is 1.45. The molecular formula is C16H24N2O3. The van der Waals surface area contributed by atoms with E-state index in [9.17, 15) is 4.79 Å². The molecule has 0 bridgehead atoms. The predicted molar refractivity (Wildman–Crippen MR) is 81.9 cm³/mol. The standard InChI is InChI=1S/C16H24N2O3/c1-18(11-13-5-4-8-17-13)16(19)10-12-6-7-14(20-2)15(9-12)21-3/h6-7,9,13,17H,4-5,8,10-11H2,1-3H3. The number of benzene rings is 1. The number of likely N-dealkylation sites (N-methyl/N-ethyl adjacent to an activating group) is 1. The average Bonchev–Trinajstić information content (AvgIpc) is 2.99. The first-order valence-electron chi connectivity index (χ1n) is 7.32. The van der Waals surface area contributed by atoms with Crippen LogP contribution in [0.5, 0.6) is 11.5 Å². The van der Waals surface area contributed by atoms with Crippen molar-refractivity contribution in [1.29, 1.82) is 0 Å². The van der Waals surface area contributed by atoms with E-state index < -0.39 is 0 Å². The summed E-state index contributed by atoms with van der Waals surface area (Å²) in [6.45, 7) is 1.83. The van der Waals surface area contributed by atoms with Gasteiger partial charge in [-0.1, -0.05) is 6.07 Å². The van der Waals surface area contributed by atoms with E-state index in [1.807, 2.05) is 25.2 Å². The second-order valence-electron chi connectivity index (χ2n) is 5.43. The van der Waals surface area contributed by atoms with Crippen LogP contribution in [0.1, 0.15) is 18.4 Å². The zero-order valence-corrected chi connectivity index (χ0v) is 13.0. The Kier molecular flexibility index (Phi) is 5.44. The van der Waals surface area contributed by atoms with Gasteiger partial charge in [0.15, 0.2) is 11.5 Å². The fourth-order valence-electron chi connectivity index (χ4n) is 2.65. The number of amides is 1. The molecule has 0 aromatic heterocycles. The number of carbonyl (C=O) groups is 1. The van der Waals surface area contributed by atoms with Gasteiger partial charge in [0.25, 0.3) is 0 Å². The van der Waals surface area contributed by atoms with Gasteiger partial charge in [-0.25, -0.2) is 0 Å². The average molecular weight is 292 g/mol. The number of hydrogen-bond acceptors (Lipinski definition) is 4. The van der Waals surface area contributed by atoms with E-state index in [4.69, 9.17) is 9.47 Å². The van der Waals surface area contributed by atoms with Gasteiger partial charge in [0, 0.05) is 19.6 Å². The van der Waals surface area contributed by atoms with Crippen molar-refractivity contribution in [2.75, 3.05) is 34.4 Å². The van der Waals surface area contributed by atoms with Crippen LogP contribution < -0.4 is 14.8 Å². The first-order valence-corrected chi connectivity index (χ1v) is 7.32. The molecule has 0 radical (unpaired) electrons. The third kappa shape index (κ3) is 4.11. The summed E-state index contributed by atoms with van der Waals surface area (Å²) in [6.07, 6.45) is 2.72. The van der Waals surface area contributed by atoms with Gasteiger partial charge in [-0.3, -0.25) is 4.79 Å². The van der Waals surface area contributed by atoms with Crippen LogP contribution in [0.25, 0.3) is 0 Å². The zero-order valence-electron chi connectivity index (χ0n) is 13.0. The summed E-state index contributed by atoms with van der Waals surface area (Å²) in [6, 6.07) is 6.03. The predicted octanol–water partition coefficient (Wildman–Crippen LogP) is 1.46. The molecule has 0 spiro atoms. The molecule has 2 rings (SSSR count). The number of hydrogen-bond donors (Lipinski definition) is 1. The van der Waals surface area contributed by atoms with Gasteiger partial charge in [0.1, 0.15) is 0 Å². The van der Waals surface area contributed by atoms with Gasteiger partial charge in [0.2, 0.25) is 5.91 Å². The minimum Gasteiger partial charge on any atom is -0.493 e. The number of ether oxygens (including phenoxy) is 2. The molecule has 21 heavy (non-hydrogen) atoms. The highest BCUT2D eigenvalue weighted by Gasteiger charge is 2.19. The maximum Gasteiger partial charge on any atom is 0.226 e. The third-order valence-electron chi connectivity index (χ3n) is 3.89. The van der Waals surface area contributed by atoms with Gasteiger partial charge >= 0.3 is 0 Å². The number of rotatable bonds is 6. The highest BCUT2D eigenvalue weighted by molar-refractivity contribution is 5.78. The lowest BCUT2D eigenvalue weighted by Crippen LogP contribution is -2.39. The van der Waals surface area contributed by atoms with Gasteiger partial charge in [-0.15, -0.1) is 0 Å². The van der Waals surface area contributed by atoms with Crippen molar-refractivity contribution in [3.63, 3.8) is 0 Å². The number of nitrogens with zero attached hydrogens (tertiary/aromatic N) is 1. The van der Waals surface area contributed by atoms with Crippen LogP contribution >= 0.6 is 0 Å². The van der Waals surface area contributed by atoms with Crippen LogP contribution in [-0.4, -0.2) is 51.2 Å². The summed E-state index contributed by atoms with van der Waals surface area (Å²) in [5.41, 5.74) is 0.934. The molecule has 5 heteroatoms. The number of carbonyl (C=O) groups excluding carboxylic acids is 1. The van der Waals surface area contributed by atoms with E-state index in [1.165, 1.54) is 6.42 Å². The fourth-order valence-corrected chi connectivity index (χ4v) is 2.65. The lowest BCUT2D eigenvalue weighted by atomic mass is 10.1. The van der Waals surface area contributed by atoms with Crippen molar-refractivity contribution in [2.24, 2.45) is 0 Å². The van der Waals surface area contributed by atoms with E-state index in [0.717, 1.165) is 25.1 Å². The Hall–Kier alpha value is -1.75. The minimum absolute atomic E-state index is 0.121. The van der Waals surface area contributed by atoms with Gasteiger partial charge in [-0.05, 0) is 37.1 Å².